The summed E-state index contributed by atoms with van der Waals surface area (Å²) in [4.78, 5) is 15.5. The average molecular weight is 378 g/mol. The van der Waals surface area contributed by atoms with E-state index in [0.717, 1.165) is 3.79 Å². The Morgan fingerprint density at radius 2 is 2.23 bits per heavy atom. The summed E-state index contributed by atoms with van der Waals surface area (Å²) in [7, 11) is 1.92. The van der Waals surface area contributed by atoms with E-state index in [1.807, 2.05) is 31.0 Å². The minimum Gasteiger partial charge on any atom is -0.325 e. The van der Waals surface area contributed by atoms with Gasteiger partial charge in [-0.15, -0.1) is 11.3 Å². The lowest BCUT2D eigenvalue weighted by molar-refractivity contribution is -0.120. The number of hydrogen-bond acceptors (Lipinski definition) is 4. The number of nitriles is 1. The molecular weight excluding hydrogens is 362 g/mol. The molecule has 22 heavy (non-hydrogen) atoms. The minimum absolute atomic E-state index is 0.0896. The van der Waals surface area contributed by atoms with Crippen LogP contribution in [0.4, 0.5) is 5.69 Å². The zero-order chi connectivity index (χ0) is 16.1. The number of amides is 1. The zero-order valence-corrected chi connectivity index (χ0v) is 14.7. The molecule has 0 aliphatic rings. The zero-order valence-electron chi connectivity index (χ0n) is 12.3. The number of nitrogens with zero attached hydrogens (tertiary/aromatic N) is 2. The van der Waals surface area contributed by atoms with Gasteiger partial charge < -0.3 is 5.32 Å². The van der Waals surface area contributed by atoms with Crippen LogP contribution in [-0.2, 0) is 11.3 Å². The van der Waals surface area contributed by atoms with Crippen LogP contribution in [0.25, 0.3) is 0 Å². The molecule has 6 heteroatoms. The first-order valence-electron chi connectivity index (χ1n) is 6.75. The van der Waals surface area contributed by atoms with Gasteiger partial charge in [0, 0.05) is 17.1 Å². The molecule has 0 radical (unpaired) electrons. The summed E-state index contributed by atoms with van der Waals surface area (Å²) >= 11 is 5.10. The molecule has 2 rings (SSSR count). The lowest BCUT2D eigenvalue weighted by Crippen LogP contribution is -2.39. The van der Waals surface area contributed by atoms with Gasteiger partial charge >= 0.3 is 0 Å². The first-order valence-corrected chi connectivity index (χ1v) is 8.36. The van der Waals surface area contributed by atoms with Gasteiger partial charge in [-0.3, -0.25) is 9.69 Å². The van der Waals surface area contributed by atoms with E-state index >= 15 is 0 Å². The van der Waals surface area contributed by atoms with E-state index in [9.17, 15) is 4.79 Å². The van der Waals surface area contributed by atoms with Gasteiger partial charge in [0.1, 0.15) is 0 Å². The Labute approximate surface area is 142 Å². The van der Waals surface area contributed by atoms with Crippen LogP contribution in [0, 0.1) is 11.3 Å². The monoisotopic (exact) mass is 377 g/mol. The van der Waals surface area contributed by atoms with Gasteiger partial charge in [0.2, 0.25) is 5.91 Å². The van der Waals surface area contributed by atoms with Crippen LogP contribution in [0.15, 0.2) is 40.2 Å². The first kappa shape index (κ1) is 16.7. The molecule has 0 fully saturated rings. The lowest BCUT2D eigenvalue weighted by Gasteiger charge is -2.23. The second-order valence-corrected chi connectivity index (χ2v) is 7.53. The molecule has 1 atom stereocenters. The van der Waals surface area contributed by atoms with Crippen molar-refractivity contribution >= 4 is 38.9 Å². The van der Waals surface area contributed by atoms with Crippen molar-refractivity contribution in [3.05, 3.63) is 50.6 Å². The van der Waals surface area contributed by atoms with Crippen LogP contribution < -0.4 is 5.32 Å². The number of likely N-dealkylation sites (N-methyl/N-ethyl adjacent to an activating group) is 1. The highest BCUT2D eigenvalue weighted by Crippen LogP contribution is 2.23. The molecule has 0 aliphatic carbocycles. The van der Waals surface area contributed by atoms with Crippen LogP contribution >= 0.6 is 27.3 Å². The van der Waals surface area contributed by atoms with E-state index in [1.54, 1.807) is 35.6 Å². The maximum Gasteiger partial charge on any atom is 0.241 e. The molecule has 0 unspecified atom stereocenters. The van der Waals surface area contributed by atoms with Crippen LogP contribution in [0.2, 0.25) is 0 Å². The fourth-order valence-corrected chi connectivity index (χ4v) is 3.48. The molecule has 1 aromatic carbocycles. The molecule has 1 N–H and O–H groups in total. The highest BCUT2D eigenvalue weighted by Gasteiger charge is 2.18. The van der Waals surface area contributed by atoms with Crippen molar-refractivity contribution in [2.24, 2.45) is 0 Å². The molecule has 0 bridgehead atoms. The number of thiophene rings is 1. The summed E-state index contributed by atoms with van der Waals surface area (Å²) in [6.45, 7) is 2.58. The summed E-state index contributed by atoms with van der Waals surface area (Å²) < 4.78 is 1.08. The Morgan fingerprint density at radius 3 is 2.86 bits per heavy atom. The van der Waals surface area contributed by atoms with Gasteiger partial charge in [0.15, 0.2) is 0 Å². The number of anilines is 1. The number of benzene rings is 1. The van der Waals surface area contributed by atoms with E-state index < -0.39 is 0 Å². The number of nitrogens with one attached hydrogen (secondary N) is 1. The van der Waals surface area contributed by atoms with E-state index in [1.165, 1.54) is 4.88 Å². The molecular formula is C16H16BrN3OS. The van der Waals surface area contributed by atoms with Crippen molar-refractivity contribution in [3.8, 4) is 6.07 Å². The average Bonchev–Trinajstić information content (AvgIpc) is 2.91. The van der Waals surface area contributed by atoms with E-state index in [2.05, 4.69) is 27.3 Å². The molecule has 1 heterocycles. The van der Waals surface area contributed by atoms with Gasteiger partial charge in [-0.1, -0.05) is 6.07 Å². The van der Waals surface area contributed by atoms with Gasteiger partial charge in [-0.2, -0.15) is 5.26 Å². The van der Waals surface area contributed by atoms with Gasteiger partial charge in [0.25, 0.3) is 0 Å². The predicted molar refractivity (Wildman–Crippen MR) is 92.7 cm³/mol. The molecule has 0 saturated heterocycles. The smallest absolute Gasteiger partial charge is 0.241 e. The van der Waals surface area contributed by atoms with Gasteiger partial charge in [0.05, 0.1) is 21.5 Å². The summed E-state index contributed by atoms with van der Waals surface area (Å²) in [6, 6.07) is 12.8. The highest BCUT2D eigenvalue weighted by molar-refractivity contribution is 9.11. The Kier molecular flexibility index (Phi) is 5.72. The largest absolute Gasteiger partial charge is 0.325 e. The molecule has 4 nitrogen and oxygen atoms in total. The van der Waals surface area contributed by atoms with Crippen molar-refractivity contribution in [2.45, 2.75) is 19.5 Å². The molecule has 0 spiro atoms. The fraction of sp³-hybridized carbons (Fsp3) is 0.250. The summed E-state index contributed by atoms with van der Waals surface area (Å²) in [6.07, 6.45) is 0. The minimum atomic E-state index is -0.272. The summed E-state index contributed by atoms with van der Waals surface area (Å²) in [5, 5.41) is 11.7. The predicted octanol–water partition coefficient (Wildman–Crippen LogP) is 3.84. The molecule has 0 aliphatic heterocycles. The third-order valence-electron chi connectivity index (χ3n) is 3.33. The number of carbonyl (C=O) groups excluding carboxylic acids is 1. The SMILES string of the molecule is C[C@@H](C(=O)Nc1cccc(C#N)c1)N(C)Cc1ccc(Br)s1. The number of halogens is 1. The maximum absolute atomic E-state index is 12.3. The Hall–Kier alpha value is -1.68. The third-order valence-corrected chi connectivity index (χ3v) is 4.94. The standard InChI is InChI=1S/C16H16BrN3OS/c1-11(20(2)10-14-6-7-15(17)22-14)16(21)19-13-5-3-4-12(8-13)9-18/h3-8,11H,10H2,1-2H3,(H,19,21)/t11-/m0/s1. The first-order chi connectivity index (χ1) is 10.5. The normalized spacial score (nSPS) is 12.0. The Balaban J connectivity index is 1.97. The van der Waals surface area contributed by atoms with Crippen LogP contribution in [0.5, 0.6) is 0 Å². The van der Waals surface area contributed by atoms with E-state index in [-0.39, 0.29) is 11.9 Å². The number of carbonyl (C=O) groups is 1. The third kappa shape index (κ3) is 4.41. The number of hydrogen-bond donors (Lipinski definition) is 1. The molecule has 2 aromatic rings. The van der Waals surface area contributed by atoms with E-state index in [4.69, 9.17) is 5.26 Å². The van der Waals surface area contributed by atoms with Gasteiger partial charge in [-0.05, 0) is 60.2 Å². The van der Waals surface area contributed by atoms with E-state index in [0.29, 0.717) is 17.8 Å². The Morgan fingerprint density at radius 1 is 1.45 bits per heavy atom. The Bertz CT molecular complexity index is 707. The lowest BCUT2D eigenvalue weighted by atomic mass is 10.2. The maximum atomic E-state index is 12.3. The van der Waals surface area contributed by atoms with Crippen LogP contribution in [0.1, 0.15) is 17.4 Å². The van der Waals surface area contributed by atoms with Crippen molar-refractivity contribution in [3.63, 3.8) is 0 Å². The van der Waals surface area contributed by atoms with Crippen molar-refractivity contribution in [2.75, 3.05) is 12.4 Å². The van der Waals surface area contributed by atoms with Gasteiger partial charge in [-0.25, -0.2) is 0 Å². The second kappa shape index (κ2) is 7.54. The number of rotatable bonds is 5. The quantitative estimate of drug-likeness (QED) is 0.860. The van der Waals surface area contributed by atoms with Crippen LogP contribution in [-0.4, -0.2) is 23.9 Å². The molecule has 1 amide bonds. The topological polar surface area (TPSA) is 56.1 Å². The fourth-order valence-electron chi connectivity index (χ4n) is 1.93. The molecule has 114 valence electrons. The van der Waals surface area contributed by atoms with Crippen molar-refractivity contribution in [1.29, 1.82) is 5.26 Å². The second-order valence-electron chi connectivity index (χ2n) is 4.98. The van der Waals surface area contributed by atoms with Crippen molar-refractivity contribution < 1.29 is 4.79 Å². The van der Waals surface area contributed by atoms with Crippen LogP contribution in [0.3, 0.4) is 0 Å². The summed E-state index contributed by atoms with van der Waals surface area (Å²) in [5.41, 5.74) is 1.17. The highest BCUT2D eigenvalue weighted by atomic mass is 79.9. The summed E-state index contributed by atoms with van der Waals surface area (Å²) in [5.74, 6) is -0.0896. The molecule has 0 saturated carbocycles. The van der Waals surface area contributed by atoms with Crippen molar-refractivity contribution in [1.82, 2.24) is 4.90 Å². The molecule has 1 aromatic heterocycles.